The Hall–Kier alpha value is -2.02. The fourth-order valence-electron chi connectivity index (χ4n) is 1.34. The second-order valence-corrected chi connectivity index (χ2v) is 3.26. The van der Waals surface area contributed by atoms with E-state index >= 15 is 0 Å². The molecular weight excluding hydrogens is 206 g/mol. The molecule has 2 aromatic heterocycles. The molecule has 0 aliphatic carbocycles. The molecule has 7 nitrogen and oxygen atoms in total. The normalized spacial score (nSPS) is 10.4. The van der Waals surface area contributed by atoms with E-state index < -0.39 is 0 Å². The summed E-state index contributed by atoms with van der Waals surface area (Å²) in [6.07, 6.45) is 4.82. The van der Waals surface area contributed by atoms with Gasteiger partial charge in [-0.2, -0.15) is 5.10 Å². The van der Waals surface area contributed by atoms with Crippen molar-refractivity contribution in [3.63, 3.8) is 0 Å². The van der Waals surface area contributed by atoms with Crippen molar-refractivity contribution >= 4 is 5.82 Å². The first-order chi connectivity index (χ1) is 7.83. The number of hydrogen-bond donors (Lipinski definition) is 2. The van der Waals surface area contributed by atoms with Gasteiger partial charge in [-0.3, -0.25) is 0 Å². The number of hydrazine groups is 1. The topological polar surface area (TPSA) is 94.5 Å². The lowest BCUT2D eigenvalue weighted by molar-refractivity contribution is 0.785. The maximum atomic E-state index is 5.35. The molecule has 0 spiro atoms. The molecule has 0 amide bonds. The van der Waals surface area contributed by atoms with Crippen LogP contribution in [0.3, 0.4) is 0 Å². The van der Waals surface area contributed by atoms with Crippen LogP contribution >= 0.6 is 0 Å². The molecule has 2 rings (SSSR count). The van der Waals surface area contributed by atoms with Crippen LogP contribution < -0.4 is 11.3 Å². The summed E-state index contributed by atoms with van der Waals surface area (Å²) in [7, 11) is 0. The first-order valence-electron chi connectivity index (χ1n) is 5.03. The number of hydrogen-bond acceptors (Lipinski definition) is 6. The lowest BCUT2D eigenvalue weighted by atomic mass is 10.3. The van der Waals surface area contributed by atoms with Crippen LogP contribution in [0.4, 0.5) is 5.82 Å². The van der Waals surface area contributed by atoms with Crippen molar-refractivity contribution in [1.82, 2.24) is 24.7 Å². The summed E-state index contributed by atoms with van der Waals surface area (Å²) in [5.74, 6) is 7.32. The summed E-state index contributed by atoms with van der Waals surface area (Å²) < 4.78 is 1.57. The fraction of sp³-hybridized carbons (Fsp3) is 0.333. The molecule has 0 radical (unpaired) electrons. The molecule has 2 aromatic rings. The zero-order chi connectivity index (χ0) is 11.4. The van der Waals surface area contributed by atoms with Crippen molar-refractivity contribution in [2.75, 3.05) is 5.43 Å². The van der Waals surface area contributed by atoms with E-state index in [2.05, 4.69) is 32.4 Å². The largest absolute Gasteiger partial charge is 0.308 e. The average Bonchev–Trinajstić information content (AvgIpc) is 2.82. The van der Waals surface area contributed by atoms with Crippen molar-refractivity contribution < 1.29 is 0 Å². The molecule has 16 heavy (non-hydrogen) atoms. The fourth-order valence-corrected chi connectivity index (χ4v) is 1.34. The van der Waals surface area contributed by atoms with E-state index in [9.17, 15) is 0 Å². The molecule has 0 unspecified atom stereocenters. The van der Waals surface area contributed by atoms with Gasteiger partial charge in [0.05, 0.1) is 0 Å². The van der Waals surface area contributed by atoms with Gasteiger partial charge in [0.15, 0.2) is 5.82 Å². The minimum atomic E-state index is 0.573. The van der Waals surface area contributed by atoms with Crippen molar-refractivity contribution in [1.29, 1.82) is 0 Å². The summed E-state index contributed by atoms with van der Waals surface area (Å²) in [4.78, 5) is 12.5. The Labute approximate surface area is 92.7 Å². The molecule has 0 atom stereocenters. The number of rotatable bonds is 4. The zero-order valence-electron chi connectivity index (χ0n) is 8.96. The van der Waals surface area contributed by atoms with Crippen LogP contribution in [-0.2, 0) is 6.42 Å². The molecule has 3 N–H and O–H groups in total. The van der Waals surface area contributed by atoms with Crippen molar-refractivity contribution in [3.05, 3.63) is 24.5 Å². The standard InChI is InChI=1S/C9H13N7/c1-2-3-7-13-8(15-10)4-9(14-7)16-6-11-5-12-16/h4-6H,2-3,10H2,1H3,(H,13,14,15). The van der Waals surface area contributed by atoms with Gasteiger partial charge in [0.2, 0.25) is 0 Å². The highest BCUT2D eigenvalue weighted by Crippen LogP contribution is 2.09. The molecule has 0 saturated heterocycles. The molecule has 0 aliphatic heterocycles. The molecule has 0 bridgehead atoms. The third-order valence-corrected chi connectivity index (χ3v) is 2.03. The monoisotopic (exact) mass is 219 g/mol. The molecule has 2 heterocycles. The van der Waals surface area contributed by atoms with Gasteiger partial charge in [0, 0.05) is 12.5 Å². The van der Waals surface area contributed by atoms with E-state index in [1.165, 1.54) is 6.33 Å². The minimum absolute atomic E-state index is 0.573. The molecule has 0 saturated carbocycles. The third-order valence-electron chi connectivity index (χ3n) is 2.03. The molecule has 84 valence electrons. The lowest BCUT2D eigenvalue weighted by Crippen LogP contribution is -2.12. The first-order valence-corrected chi connectivity index (χ1v) is 5.03. The van der Waals surface area contributed by atoms with Crippen molar-refractivity contribution in [2.45, 2.75) is 19.8 Å². The highest BCUT2D eigenvalue weighted by atomic mass is 15.4. The van der Waals surface area contributed by atoms with Crippen molar-refractivity contribution in [3.8, 4) is 5.82 Å². The summed E-state index contributed by atoms with van der Waals surface area (Å²) in [6, 6.07) is 1.72. The summed E-state index contributed by atoms with van der Waals surface area (Å²) in [5.41, 5.74) is 2.52. The molecule has 0 aromatic carbocycles. The number of aromatic nitrogens is 5. The van der Waals surface area contributed by atoms with E-state index in [0.29, 0.717) is 11.6 Å². The third kappa shape index (κ3) is 2.14. The summed E-state index contributed by atoms with van der Waals surface area (Å²) >= 11 is 0. The van der Waals surface area contributed by atoms with E-state index in [4.69, 9.17) is 5.84 Å². The highest BCUT2D eigenvalue weighted by molar-refractivity contribution is 5.39. The average molecular weight is 219 g/mol. The molecular formula is C9H13N7. The highest BCUT2D eigenvalue weighted by Gasteiger charge is 2.05. The van der Waals surface area contributed by atoms with E-state index in [0.717, 1.165) is 18.7 Å². The number of aryl methyl sites for hydroxylation is 1. The van der Waals surface area contributed by atoms with Crippen LogP contribution in [0.25, 0.3) is 5.82 Å². The summed E-state index contributed by atoms with van der Waals surface area (Å²) in [5, 5.41) is 4.01. The second kappa shape index (κ2) is 4.67. The first kappa shape index (κ1) is 10.5. The maximum absolute atomic E-state index is 5.35. The Kier molecular flexibility index (Phi) is 3.06. The van der Waals surface area contributed by atoms with Crippen LogP contribution in [-0.4, -0.2) is 24.7 Å². The van der Waals surface area contributed by atoms with Gasteiger partial charge in [0.1, 0.15) is 24.3 Å². The lowest BCUT2D eigenvalue weighted by Gasteiger charge is -2.06. The van der Waals surface area contributed by atoms with E-state index in [-0.39, 0.29) is 0 Å². The Bertz CT molecular complexity index is 451. The molecule has 0 fully saturated rings. The Morgan fingerprint density at radius 2 is 2.31 bits per heavy atom. The van der Waals surface area contributed by atoms with Crippen LogP contribution in [0.2, 0.25) is 0 Å². The van der Waals surface area contributed by atoms with Gasteiger partial charge in [-0.1, -0.05) is 6.92 Å². The van der Waals surface area contributed by atoms with Gasteiger partial charge in [-0.05, 0) is 6.42 Å². The van der Waals surface area contributed by atoms with Crippen LogP contribution in [0.5, 0.6) is 0 Å². The second-order valence-electron chi connectivity index (χ2n) is 3.26. The SMILES string of the molecule is CCCc1nc(NN)cc(-n2cncn2)n1. The van der Waals surface area contributed by atoms with Gasteiger partial charge >= 0.3 is 0 Å². The van der Waals surface area contributed by atoms with Gasteiger partial charge < -0.3 is 5.43 Å². The van der Waals surface area contributed by atoms with E-state index in [1.807, 2.05) is 0 Å². The molecule has 0 aliphatic rings. The summed E-state index contributed by atoms with van der Waals surface area (Å²) in [6.45, 7) is 2.07. The van der Waals surface area contributed by atoms with Gasteiger partial charge in [-0.25, -0.2) is 25.5 Å². The Morgan fingerprint density at radius 1 is 1.44 bits per heavy atom. The van der Waals surface area contributed by atoms with Crippen LogP contribution in [0, 0.1) is 0 Å². The number of nitrogens with zero attached hydrogens (tertiary/aromatic N) is 5. The smallest absolute Gasteiger partial charge is 0.161 e. The predicted octanol–water partition coefficient (Wildman–Crippen LogP) is 0.295. The number of nitrogens with two attached hydrogens (primary N) is 1. The number of nitrogens with one attached hydrogen (secondary N) is 1. The minimum Gasteiger partial charge on any atom is -0.308 e. The number of nitrogen functional groups attached to an aromatic ring is 1. The predicted molar refractivity (Wildman–Crippen MR) is 58.8 cm³/mol. The quantitative estimate of drug-likeness (QED) is 0.567. The van der Waals surface area contributed by atoms with E-state index in [1.54, 1.807) is 17.1 Å². The zero-order valence-corrected chi connectivity index (χ0v) is 8.96. The van der Waals surface area contributed by atoms with Crippen molar-refractivity contribution in [2.24, 2.45) is 5.84 Å². The van der Waals surface area contributed by atoms with Gasteiger partial charge in [-0.15, -0.1) is 0 Å². The molecule has 7 heteroatoms. The number of anilines is 1. The van der Waals surface area contributed by atoms with Crippen LogP contribution in [0.15, 0.2) is 18.7 Å². The Balaban J connectivity index is 2.41. The Morgan fingerprint density at radius 3 is 2.94 bits per heavy atom. The van der Waals surface area contributed by atoms with Gasteiger partial charge in [0.25, 0.3) is 0 Å². The maximum Gasteiger partial charge on any atom is 0.161 e. The van der Waals surface area contributed by atoms with Crippen LogP contribution in [0.1, 0.15) is 19.2 Å².